The van der Waals surface area contributed by atoms with Crippen LogP contribution >= 0.6 is 34.5 Å². The minimum atomic E-state index is 0.465. The topological polar surface area (TPSA) is 38.9 Å². The van der Waals surface area contributed by atoms with Crippen LogP contribution in [0.25, 0.3) is 0 Å². The van der Waals surface area contributed by atoms with Crippen molar-refractivity contribution in [2.75, 3.05) is 0 Å². The van der Waals surface area contributed by atoms with Gasteiger partial charge in [0, 0.05) is 28.4 Å². The number of hydrogen-bond donors (Lipinski definition) is 1. The number of nitrogens with two attached hydrogens (primary N) is 1. The molecule has 0 radical (unpaired) electrons. The second-order valence-corrected chi connectivity index (χ2v) is 5.07. The molecule has 1 aromatic heterocycles. The Morgan fingerprint density at radius 3 is 2.50 bits per heavy atom. The number of hydrogen-bond acceptors (Lipinski definition) is 3. The zero-order valence-corrected chi connectivity index (χ0v) is 10.7. The molecule has 1 aromatic carbocycles. The predicted molar refractivity (Wildman–Crippen MR) is 69.3 cm³/mol. The first-order valence-corrected chi connectivity index (χ1v) is 6.40. The smallest absolute Gasteiger partial charge is 0.0973 e. The zero-order valence-electron chi connectivity index (χ0n) is 8.41. The van der Waals surface area contributed by atoms with Gasteiger partial charge in [0.1, 0.15) is 0 Å². The van der Waals surface area contributed by atoms with E-state index < -0.39 is 0 Å². The maximum atomic E-state index is 6.09. The monoisotopic (exact) mass is 272 g/mol. The van der Waals surface area contributed by atoms with Crippen molar-refractivity contribution >= 4 is 34.5 Å². The summed E-state index contributed by atoms with van der Waals surface area (Å²) in [6.45, 7) is 0.465. The summed E-state index contributed by atoms with van der Waals surface area (Å²) in [6, 6.07) is 5.50. The molecule has 2 aromatic rings. The molecule has 5 heteroatoms. The molecule has 0 saturated carbocycles. The molecule has 0 amide bonds. The van der Waals surface area contributed by atoms with Gasteiger partial charge in [0.2, 0.25) is 0 Å². The van der Waals surface area contributed by atoms with Gasteiger partial charge in [-0.3, -0.25) is 0 Å². The maximum Gasteiger partial charge on any atom is 0.0973 e. The summed E-state index contributed by atoms with van der Waals surface area (Å²) in [5, 5.41) is 4.30. The van der Waals surface area contributed by atoms with Crippen LogP contribution < -0.4 is 5.73 Å². The van der Waals surface area contributed by atoms with E-state index in [1.165, 1.54) is 0 Å². The van der Waals surface area contributed by atoms with E-state index in [0.29, 0.717) is 23.0 Å². The fourth-order valence-electron chi connectivity index (χ4n) is 1.38. The predicted octanol–water partition coefficient (Wildman–Crippen LogP) is 3.50. The maximum absolute atomic E-state index is 6.09. The minimum Gasteiger partial charge on any atom is -0.325 e. The number of nitrogens with zero attached hydrogens (tertiary/aromatic N) is 1. The first-order valence-electron chi connectivity index (χ1n) is 4.77. The number of halogens is 2. The van der Waals surface area contributed by atoms with Gasteiger partial charge in [-0.1, -0.05) is 29.3 Å². The van der Waals surface area contributed by atoms with Crippen LogP contribution in [0.1, 0.15) is 16.3 Å². The van der Waals surface area contributed by atoms with Gasteiger partial charge in [-0.15, -0.1) is 11.3 Å². The number of rotatable bonds is 3. The van der Waals surface area contributed by atoms with Crippen molar-refractivity contribution in [3.8, 4) is 0 Å². The Balaban J connectivity index is 2.26. The third-order valence-corrected chi connectivity index (χ3v) is 3.80. The van der Waals surface area contributed by atoms with Crippen LogP contribution in [0.3, 0.4) is 0 Å². The van der Waals surface area contributed by atoms with E-state index in [1.807, 2.05) is 23.6 Å². The van der Waals surface area contributed by atoms with E-state index >= 15 is 0 Å². The van der Waals surface area contributed by atoms with Crippen LogP contribution in [-0.2, 0) is 13.0 Å². The van der Waals surface area contributed by atoms with E-state index in [1.54, 1.807) is 11.3 Å². The lowest BCUT2D eigenvalue weighted by atomic mass is 10.1. The van der Waals surface area contributed by atoms with Gasteiger partial charge in [-0.2, -0.15) is 0 Å². The largest absolute Gasteiger partial charge is 0.325 e. The summed E-state index contributed by atoms with van der Waals surface area (Å²) >= 11 is 13.8. The second kappa shape index (κ2) is 5.15. The molecule has 0 atom stereocenters. The molecular weight excluding hydrogens is 263 g/mol. The summed E-state index contributed by atoms with van der Waals surface area (Å²) in [6.07, 6.45) is 0.656. The van der Waals surface area contributed by atoms with E-state index in [9.17, 15) is 0 Å². The molecule has 2 rings (SSSR count). The zero-order chi connectivity index (χ0) is 11.5. The second-order valence-electron chi connectivity index (χ2n) is 3.31. The van der Waals surface area contributed by atoms with Gasteiger partial charge in [0.25, 0.3) is 0 Å². The van der Waals surface area contributed by atoms with Crippen molar-refractivity contribution in [2.24, 2.45) is 5.73 Å². The molecule has 2 nitrogen and oxygen atoms in total. The summed E-state index contributed by atoms with van der Waals surface area (Å²) < 4.78 is 0. The Morgan fingerprint density at radius 1 is 1.25 bits per heavy atom. The fourth-order valence-corrected chi connectivity index (χ4v) is 2.73. The average molecular weight is 273 g/mol. The SMILES string of the molecule is NCc1csc(Cc2c(Cl)cccc2Cl)n1. The number of thiazole rings is 1. The van der Waals surface area contributed by atoms with Crippen molar-refractivity contribution in [2.45, 2.75) is 13.0 Å². The Labute approximate surface area is 108 Å². The highest BCUT2D eigenvalue weighted by Gasteiger charge is 2.09. The van der Waals surface area contributed by atoms with E-state index in [0.717, 1.165) is 16.3 Å². The number of aromatic nitrogens is 1. The molecule has 0 fully saturated rings. The molecule has 0 unspecified atom stereocenters. The highest BCUT2D eigenvalue weighted by molar-refractivity contribution is 7.09. The molecule has 0 spiro atoms. The normalized spacial score (nSPS) is 10.7. The highest BCUT2D eigenvalue weighted by atomic mass is 35.5. The third kappa shape index (κ3) is 2.55. The third-order valence-electron chi connectivity index (χ3n) is 2.20. The van der Waals surface area contributed by atoms with Gasteiger partial charge in [-0.05, 0) is 17.7 Å². The molecule has 0 bridgehead atoms. The summed E-state index contributed by atoms with van der Waals surface area (Å²) in [5.74, 6) is 0. The quantitative estimate of drug-likeness (QED) is 0.929. The molecule has 2 N–H and O–H groups in total. The van der Waals surface area contributed by atoms with Crippen LogP contribution in [0.15, 0.2) is 23.6 Å². The first-order chi connectivity index (χ1) is 7.70. The Morgan fingerprint density at radius 2 is 1.94 bits per heavy atom. The van der Waals surface area contributed by atoms with E-state index in [4.69, 9.17) is 28.9 Å². The van der Waals surface area contributed by atoms with Crippen LogP contribution in [0.5, 0.6) is 0 Å². The lowest BCUT2D eigenvalue weighted by Crippen LogP contribution is -1.97. The highest BCUT2D eigenvalue weighted by Crippen LogP contribution is 2.27. The molecule has 0 aliphatic carbocycles. The molecule has 1 heterocycles. The fraction of sp³-hybridized carbons (Fsp3) is 0.182. The Bertz CT molecular complexity index is 476. The van der Waals surface area contributed by atoms with E-state index in [2.05, 4.69) is 4.98 Å². The molecule has 0 aliphatic rings. The van der Waals surface area contributed by atoms with Crippen molar-refractivity contribution in [3.05, 3.63) is 49.9 Å². The average Bonchev–Trinajstić information content (AvgIpc) is 2.71. The Hall–Kier alpha value is -0.610. The van der Waals surface area contributed by atoms with Crippen LogP contribution in [0.2, 0.25) is 10.0 Å². The first kappa shape index (κ1) is 11.9. The summed E-state index contributed by atoms with van der Waals surface area (Å²) in [5.41, 5.74) is 7.33. The Kier molecular flexibility index (Phi) is 3.82. The molecule has 0 aliphatic heterocycles. The molecular formula is C11H10Cl2N2S. The van der Waals surface area contributed by atoms with Gasteiger partial charge in [-0.25, -0.2) is 4.98 Å². The summed E-state index contributed by atoms with van der Waals surface area (Å²) in [7, 11) is 0. The van der Waals surface area contributed by atoms with Crippen LogP contribution in [0, 0.1) is 0 Å². The molecule has 16 heavy (non-hydrogen) atoms. The van der Waals surface area contributed by atoms with Gasteiger partial charge in [0.15, 0.2) is 0 Å². The van der Waals surface area contributed by atoms with Gasteiger partial charge >= 0.3 is 0 Å². The molecule has 0 saturated heterocycles. The lowest BCUT2D eigenvalue weighted by molar-refractivity contribution is 0.982. The number of benzene rings is 1. The van der Waals surface area contributed by atoms with Crippen molar-refractivity contribution in [3.63, 3.8) is 0 Å². The van der Waals surface area contributed by atoms with Gasteiger partial charge < -0.3 is 5.73 Å². The standard InChI is InChI=1S/C11H10Cl2N2S/c12-9-2-1-3-10(13)8(9)4-11-15-7(5-14)6-16-11/h1-3,6H,4-5,14H2. The molecule has 84 valence electrons. The minimum absolute atomic E-state index is 0.465. The summed E-state index contributed by atoms with van der Waals surface area (Å²) in [4.78, 5) is 4.38. The van der Waals surface area contributed by atoms with Gasteiger partial charge in [0.05, 0.1) is 10.7 Å². The van der Waals surface area contributed by atoms with Crippen molar-refractivity contribution < 1.29 is 0 Å². The van der Waals surface area contributed by atoms with Crippen molar-refractivity contribution in [1.29, 1.82) is 0 Å². The van der Waals surface area contributed by atoms with E-state index in [-0.39, 0.29) is 0 Å². The van der Waals surface area contributed by atoms with Crippen molar-refractivity contribution in [1.82, 2.24) is 4.98 Å². The van der Waals surface area contributed by atoms with Crippen LogP contribution in [0.4, 0.5) is 0 Å². The van der Waals surface area contributed by atoms with Crippen LogP contribution in [-0.4, -0.2) is 4.98 Å². The lowest BCUT2D eigenvalue weighted by Gasteiger charge is -2.04.